The van der Waals surface area contributed by atoms with Crippen molar-refractivity contribution in [3.8, 4) is 0 Å². The van der Waals surface area contributed by atoms with Gasteiger partial charge in [0.05, 0.1) is 9.52 Å². The molecule has 0 fully saturated rings. The van der Waals surface area contributed by atoms with Crippen molar-refractivity contribution in [3.63, 3.8) is 0 Å². The summed E-state index contributed by atoms with van der Waals surface area (Å²) in [7, 11) is 0.845. The van der Waals surface area contributed by atoms with Crippen LogP contribution in [-0.2, 0) is 0 Å². The van der Waals surface area contributed by atoms with Crippen LogP contribution in [0.4, 0.5) is 0 Å². The SMILES string of the molecule is CC1=Cc2ccccc2C1C[Si]c1ccc(C2C(C)=Cc3ccccc32)cc1.[H-].[H-].[Li+].[Li+]. The van der Waals surface area contributed by atoms with Gasteiger partial charge in [0.25, 0.3) is 0 Å². The van der Waals surface area contributed by atoms with E-state index in [1.807, 2.05) is 0 Å². The van der Waals surface area contributed by atoms with Gasteiger partial charge in [-0.2, -0.15) is 0 Å². The molecule has 0 aromatic heterocycles. The van der Waals surface area contributed by atoms with Crippen LogP contribution in [0.3, 0.4) is 0 Å². The molecule has 0 aliphatic heterocycles. The molecule has 2 unspecified atom stereocenters. The van der Waals surface area contributed by atoms with Crippen LogP contribution < -0.4 is 42.9 Å². The first-order valence-corrected chi connectivity index (χ1v) is 11.3. The van der Waals surface area contributed by atoms with E-state index in [-0.39, 0.29) is 40.6 Å². The molecule has 2 aliphatic carbocycles. The minimum absolute atomic E-state index is 0. The molecule has 0 bridgehead atoms. The summed E-state index contributed by atoms with van der Waals surface area (Å²) in [5, 5.41) is 1.47. The van der Waals surface area contributed by atoms with E-state index in [1.165, 1.54) is 50.2 Å². The summed E-state index contributed by atoms with van der Waals surface area (Å²) >= 11 is 0. The first kappa shape index (κ1) is 23.2. The molecule has 0 saturated heterocycles. The fourth-order valence-corrected chi connectivity index (χ4v) is 6.14. The maximum Gasteiger partial charge on any atom is 1.00 e. The third kappa shape index (κ3) is 4.29. The Hall–Kier alpha value is -1.45. The summed E-state index contributed by atoms with van der Waals surface area (Å²) in [6.45, 7) is 4.54. The molecule has 2 radical (unpaired) electrons. The predicted octanol–water partition coefficient (Wildman–Crippen LogP) is 0.417. The van der Waals surface area contributed by atoms with Gasteiger partial charge in [-0.1, -0.05) is 101 Å². The maximum absolute atomic E-state index is 2.36. The third-order valence-corrected chi connectivity index (χ3v) is 7.56. The van der Waals surface area contributed by atoms with Crippen molar-refractivity contribution >= 4 is 26.9 Å². The van der Waals surface area contributed by atoms with E-state index in [9.17, 15) is 0 Å². The Morgan fingerprint density at radius 2 is 1.27 bits per heavy atom. The number of hydrogen-bond donors (Lipinski definition) is 0. The van der Waals surface area contributed by atoms with Crippen LogP contribution in [-0.4, -0.2) is 9.52 Å². The molecule has 0 saturated carbocycles. The summed E-state index contributed by atoms with van der Waals surface area (Å²) in [4.78, 5) is 0. The number of benzene rings is 3. The van der Waals surface area contributed by atoms with E-state index in [0.717, 1.165) is 9.52 Å². The molecule has 0 nitrogen and oxygen atoms in total. The van der Waals surface area contributed by atoms with Crippen molar-refractivity contribution in [3.05, 3.63) is 112 Å². The standard InChI is InChI=1S/C27H24Si.2Li.2H/c1-18-15-21-7-3-5-9-24(21)26(18)17-28-23-13-11-20(12-14-23)27-19(2)16-22-8-4-6-10-25(22)27;;;;/h3-16,26-27H,17H2,1-2H3;;;;/q;2*+1;2*-1. The Morgan fingerprint density at radius 3 is 1.97 bits per heavy atom. The Kier molecular flexibility index (Phi) is 7.57. The zero-order valence-electron chi connectivity index (χ0n) is 20.4. The summed E-state index contributed by atoms with van der Waals surface area (Å²) in [6, 6.07) is 28.2. The molecular formula is C27H26Li2Si. The van der Waals surface area contributed by atoms with Crippen LogP contribution in [0, 0.1) is 0 Å². The molecule has 3 aromatic carbocycles. The third-order valence-electron chi connectivity index (χ3n) is 6.20. The summed E-state index contributed by atoms with van der Waals surface area (Å²) in [5.74, 6) is 1.00. The van der Waals surface area contributed by atoms with Crippen LogP contribution in [0.25, 0.3) is 12.2 Å². The van der Waals surface area contributed by atoms with Crippen LogP contribution in [0.15, 0.2) is 83.9 Å². The largest absolute Gasteiger partial charge is 1.00 e. The number of fused-ring (bicyclic) bond motifs is 2. The Balaban J connectivity index is 0.00000128. The van der Waals surface area contributed by atoms with E-state index >= 15 is 0 Å². The maximum atomic E-state index is 2.36. The van der Waals surface area contributed by atoms with Crippen molar-refractivity contribution in [2.45, 2.75) is 31.7 Å². The van der Waals surface area contributed by atoms with E-state index in [2.05, 4.69) is 98.8 Å². The molecule has 30 heavy (non-hydrogen) atoms. The fraction of sp³-hybridized carbons (Fsp3) is 0.185. The molecule has 0 N–H and O–H groups in total. The quantitative estimate of drug-likeness (QED) is 0.565. The van der Waals surface area contributed by atoms with Gasteiger partial charge in [0.15, 0.2) is 0 Å². The molecule has 2 atom stereocenters. The molecular weight excluding hydrogens is 366 g/mol. The molecule has 3 aromatic rings. The molecule has 140 valence electrons. The van der Waals surface area contributed by atoms with Crippen molar-refractivity contribution in [2.24, 2.45) is 0 Å². The average Bonchev–Trinajstić information content (AvgIpc) is 3.22. The van der Waals surface area contributed by atoms with Gasteiger partial charge in [0.1, 0.15) is 0 Å². The van der Waals surface area contributed by atoms with Crippen molar-refractivity contribution < 1.29 is 40.6 Å². The number of hydrogen-bond acceptors (Lipinski definition) is 0. The van der Waals surface area contributed by atoms with E-state index in [4.69, 9.17) is 0 Å². The van der Waals surface area contributed by atoms with Gasteiger partial charge in [-0.15, -0.1) is 0 Å². The second-order valence-electron chi connectivity index (χ2n) is 8.02. The minimum Gasteiger partial charge on any atom is -1.00 e. The monoisotopic (exact) mass is 392 g/mol. The van der Waals surface area contributed by atoms with Gasteiger partial charge in [0.2, 0.25) is 0 Å². The zero-order valence-corrected chi connectivity index (χ0v) is 19.4. The Labute approximate surface area is 210 Å². The minimum atomic E-state index is 0. The smallest absolute Gasteiger partial charge is 1.00 e. The van der Waals surface area contributed by atoms with Crippen molar-refractivity contribution in [1.29, 1.82) is 0 Å². The summed E-state index contributed by atoms with van der Waals surface area (Å²) in [6.07, 6.45) is 4.70. The second kappa shape index (κ2) is 9.79. The molecule has 0 spiro atoms. The van der Waals surface area contributed by atoms with Gasteiger partial charge < -0.3 is 2.85 Å². The Bertz CT molecular complexity index is 1110. The summed E-state index contributed by atoms with van der Waals surface area (Å²) < 4.78 is 0. The zero-order chi connectivity index (χ0) is 19.1. The van der Waals surface area contributed by atoms with Gasteiger partial charge in [-0.3, -0.25) is 0 Å². The van der Waals surface area contributed by atoms with Crippen molar-refractivity contribution in [1.82, 2.24) is 0 Å². The van der Waals surface area contributed by atoms with E-state index < -0.39 is 0 Å². The molecule has 0 heterocycles. The molecule has 3 heteroatoms. The normalized spacial score (nSPS) is 18.5. The fourth-order valence-electron chi connectivity index (χ4n) is 4.76. The van der Waals surface area contributed by atoms with E-state index in [0.29, 0.717) is 11.8 Å². The predicted molar refractivity (Wildman–Crippen MR) is 124 cm³/mol. The van der Waals surface area contributed by atoms with Crippen molar-refractivity contribution in [2.75, 3.05) is 0 Å². The first-order valence-electron chi connectivity index (χ1n) is 10.1. The van der Waals surface area contributed by atoms with Crippen LogP contribution in [0.2, 0.25) is 6.04 Å². The molecule has 5 rings (SSSR count). The number of rotatable bonds is 4. The second-order valence-corrected chi connectivity index (χ2v) is 9.36. The molecule has 2 aliphatic rings. The van der Waals surface area contributed by atoms with Gasteiger partial charge >= 0.3 is 37.7 Å². The Morgan fingerprint density at radius 1 is 0.700 bits per heavy atom. The summed E-state index contributed by atoms with van der Waals surface area (Å²) in [5.41, 5.74) is 10.1. The van der Waals surface area contributed by atoms with Gasteiger partial charge in [0, 0.05) is 11.8 Å². The van der Waals surface area contributed by atoms with Crippen LogP contribution >= 0.6 is 0 Å². The topological polar surface area (TPSA) is 0 Å². The van der Waals surface area contributed by atoms with Crippen LogP contribution in [0.5, 0.6) is 0 Å². The van der Waals surface area contributed by atoms with Gasteiger partial charge in [-0.05, 0) is 47.7 Å². The number of allylic oxidation sites excluding steroid dienone is 2. The molecule has 0 amide bonds. The average molecular weight is 392 g/mol. The van der Waals surface area contributed by atoms with E-state index in [1.54, 1.807) is 0 Å². The van der Waals surface area contributed by atoms with Gasteiger partial charge in [-0.25, -0.2) is 0 Å². The first-order chi connectivity index (χ1) is 13.7. The van der Waals surface area contributed by atoms with Crippen LogP contribution in [0.1, 0.15) is 56.4 Å².